The van der Waals surface area contributed by atoms with E-state index in [4.69, 9.17) is 18.0 Å². The van der Waals surface area contributed by atoms with Crippen LogP contribution in [0.25, 0.3) is 10.8 Å². The third-order valence-corrected chi connectivity index (χ3v) is 6.55. The highest BCUT2D eigenvalue weighted by molar-refractivity contribution is 6.78. The van der Waals surface area contributed by atoms with Crippen LogP contribution in [0.3, 0.4) is 0 Å². The number of rotatable bonds is 8. The predicted octanol–water partition coefficient (Wildman–Crippen LogP) is 3.10. The van der Waals surface area contributed by atoms with E-state index < -0.39 is 8.80 Å². The number of methoxy groups -OCH3 is 1. The van der Waals surface area contributed by atoms with Crippen LogP contribution in [0.1, 0.15) is 20.8 Å². The lowest BCUT2D eigenvalue weighted by Gasteiger charge is -2.30. The fourth-order valence-electron chi connectivity index (χ4n) is 2.65. The molecule has 2 rings (SSSR count). The van der Waals surface area contributed by atoms with Crippen molar-refractivity contribution in [2.24, 2.45) is 0 Å². The lowest BCUT2D eigenvalue weighted by atomic mass is 10.1. The van der Waals surface area contributed by atoms with E-state index in [1.165, 1.54) is 0 Å². The van der Waals surface area contributed by atoms with Crippen molar-refractivity contribution in [1.82, 2.24) is 0 Å². The summed E-state index contributed by atoms with van der Waals surface area (Å²) < 4.78 is 23.8. The summed E-state index contributed by atoms with van der Waals surface area (Å²) >= 11 is 0. The van der Waals surface area contributed by atoms with Crippen molar-refractivity contribution in [3.8, 4) is 5.75 Å². The lowest BCUT2D eigenvalue weighted by molar-refractivity contribution is 0.0857. The molecule has 2 aromatic rings. The molecule has 0 aliphatic rings. The Morgan fingerprint density at radius 1 is 0.818 bits per heavy atom. The quantitative estimate of drug-likeness (QED) is 0.700. The maximum atomic E-state index is 6.06. The zero-order valence-corrected chi connectivity index (χ0v) is 14.7. The third-order valence-electron chi connectivity index (χ3n) is 3.42. The van der Waals surface area contributed by atoms with Gasteiger partial charge >= 0.3 is 8.80 Å². The molecular weight excluding hydrogens is 296 g/mol. The maximum absolute atomic E-state index is 6.06. The molecule has 0 saturated heterocycles. The number of benzene rings is 2. The monoisotopic (exact) mass is 320 g/mol. The lowest BCUT2D eigenvalue weighted by Crippen LogP contribution is -2.57. The van der Waals surface area contributed by atoms with Crippen molar-refractivity contribution in [1.29, 1.82) is 0 Å². The van der Waals surface area contributed by atoms with Crippen LogP contribution in [0.2, 0.25) is 0 Å². The minimum Gasteiger partial charge on any atom is -0.497 e. The molecule has 0 aromatic heterocycles. The first-order chi connectivity index (χ1) is 10.7. The average molecular weight is 320 g/mol. The number of ether oxygens (including phenoxy) is 1. The Morgan fingerprint density at radius 2 is 1.41 bits per heavy atom. The van der Waals surface area contributed by atoms with Gasteiger partial charge in [0.25, 0.3) is 0 Å². The van der Waals surface area contributed by atoms with Crippen LogP contribution in [-0.2, 0) is 13.3 Å². The fraction of sp³-hybridized carbons (Fsp3) is 0.412. The van der Waals surface area contributed by atoms with E-state index in [1.807, 2.05) is 45.0 Å². The molecule has 4 nitrogen and oxygen atoms in total. The zero-order chi connectivity index (χ0) is 16.0. The second kappa shape index (κ2) is 7.74. The van der Waals surface area contributed by atoms with Crippen LogP contribution in [0.5, 0.6) is 5.75 Å². The normalized spacial score (nSPS) is 11.8. The molecule has 0 atom stereocenters. The van der Waals surface area contributed by atoms with Crippen LogP contribution in [0.4, 0.5) is 0 Å². The van der Waals surface area contributed by atoms with Gasteiger partial charge in [0.15, 0.2) is 0 Å². The van der Waals surface area contributed by atoms with Gasteiger partial charge in [-0.15, -0.1) is 0 Å². The first-order valence-corrected chi connectivity index (χ1v) is 9.42. The van der Waals surface area contributed by atoms with Gasteiger partial charge in [-0.25, -0.2) is 0 Å². The van der Waals surface area contributed by atoms with E-state index in [0.717, 1.165) is 21.7 Å². The van der Waals surface area contributed by atoms with Gasteiger partial charge in [0.2, 0.25) is 0 Å². The fourth-order valence-corrected chi connectivity index (χ4v) is 5.52. The van der Waals surface area contributed by atoms with Gasteiger partial charge in [-0.3, -0.25) is 0 Å². The second-order valence-corrected chi connectivity index (χ2v) is 7.20. The van der Waals surface area contributed by atoms with E-state index in [0.29, 0.717) is 19.8 Å². The largest absolute Gasteiger partial charge is 0.541 e. The smallest absolute Gasteiger partial charge is 0.497 e. The summed E-state index contributed by atoms with van der Waals surface area (Å²) in [6.45, 7) is 7.45. The van der Waals surface area contributed by atoms with Gasteiger partial charge < -0.3 is 18.0 Å². The van der Waals surface area contributed by atoms with E-state index in [1.54, 1.807) is 7.11 Å². The van der Waals surface area contributed by atoms with Crippen LogP contribution >= 0.6 is 0 Å². The minimum absolute atomic E-state index is 0.526. The van der Waals surface area contributed by atoms with Crippen molar-refractivity contribution in [3.63, 3.8) is 0 Å². The highest BCUT2D eigenvalue weighted by atomic mass is 28.4. The summed E-state index contributed by atoms with van der Waals surface area (Å²) in [5.74, 6) is 0.751. The summed E-state index contributed by atoms with van der Waals surface area (Å²) in [4.78, 5) is 0. The van der Waals surface area contributed by atoms with Crippen molar-refractivity contribution in [2.45, 2.75) is 20.8 Å². The van der Waals surface area contributed by atoms with Gasteiger partial charge in [0.05, 0.1) is 12.3 Å². The topological polar surface area (TPSA) is 36.9 Å². The standard InChI is InChI=1S/C17H24O4Si/c1-5-19-22(20-6-2,21-7-3)17-15-11-9-8-10-14(15)12-13-16(17)18-4/h8-13H,5-7H2,1-4H3. The van der Waals surface area contributed by atoms with Gasteiger partial charge in [-0.05, 0) is 37.6 Å². The summed E-state index contributed by atoms with van der Waals surface area (Å²) in [6, 6.07) is 12.2. The van der Waals surface area contributed by atoms with E-state index in [-0.39, 0.29) is 0 Å². The van der Waals surface area contributed by atoms with Crippen molar-refractivity contribution < 1.29 is 18.0 Å². The molecule has 0 fully saturated rings. The Morgan fingerprint density at radius 3 is 1.95 bits per heavy atom. The van der Waals surface area contributed by atoms with Crippen LogP contribution in [0, 0.1) is 0 Å². The molecular formula is C17H24O4Si. The Hall–Kier alpha value is -1.40. The van der Waals surface area contributed by atoms with E-state index in [2.05, 4.69) is 12.1 Å². The molecule has 0 aliphatic heterocycles. The zero-order valence-electron chi connectivity index (χ0n) is 13.7. The summed E-state index contributed by atoms with van der Waals surface area (Å²) in [6.07, 6.45) is 0. The number of hydrogen-bond donors (Lipinski definition) is 0. The molecule has 0 radical (unpaired) electrons. The molecule has 0 unspecified atom stereocenters. The van der Waals surface area contributed by atoms with Crippen LogP contribution in [0.15, 0.2) is 36.4 Å². The van der Waals surface area contributed by atoms with Gasteiger partial charge in [-0.2, -0.15) is 0 Å². The van der Waals surface area contributed by atoms with Crippen molar-refractivity contribution in [2.75, 3.05) is 26.9 Å². The molecule has 0 aliphatic carbocycles. The highest BCUT2D eigenvalue weighted by Crippen LogP contribution is 2.25. The van der Waals surface area contributed by atoms with Gasteiger partial charge in [-0.1, -0.05) is 30.3 Å². The Kier molecular flexibility index (Phi) is 5.96. The number of fused-ring (bicyclic) bond motifs is 1. The Bertz CT molecular complexity index is 598. The van der Waals surface area contributed by atoms with Gasteiger partial charge in [0, 0.05) is 19.8 Å². The molecule has 120 valence electrons. The summed E-state index contributed by atoms with van der Waals surface area (Å²) in [5, 5.41) is 3.09. The Balaban J connectivity index is 2.74. The van der Waals surface area contributed by atoms with Crippen molar-refractivity contribution in [3.05, 3.63) is 36.4 Å². The number of hydrogen-bond acceptors (Lipinski definition) is 4. The van der Waals surface area contributed by atoms with Crippen molar-refractivity contribution >= 4 is 24.8 Å². The van der Waals surface area contributed by atoms with Gasteiger partial charge in [0.1, 0.15) is 5.75 Å². The first kappa shape index (κ1) is 17.0. The molecule has 22 heavy (non-hydrogen) atoms. The third kappa shape index (κ3) is 3.17. The second-order valence-electron chi connectivity index (χ2n) is 4.72. The maximum Gasteiger partial charge on any atom is 0.541 e. The Labute approximate surface area is 133 Å². The molecule has 0 spiro atoms. The molecule has 5 heteroatoms. The molecule has 0 N–H and O–H groups in total. The minimum atomic E-state index is -3.03. The SMILES string of the molecule is CCO[Si](OCC)(OCC)c1c(OC)ccc2ccccc12. The van der Waals surface area contributed by atoms with E-state index in [9.17, 15) is 0 Å². The van der Waals surface area contributed by atoms with Crippen LogP contribution < -0.4 is 9.92 Å². The molecule has 2 aromatic carbocycles. The molecule has 0 bridgehead atoms. The summed E-state index contributed by atoms with van der Waals surface area (Å²) in [5.41, 5.74) is 0. The molecule has 0 amide bonds. The molecule has 0 heterocycles. The predicted molar refractivity (Wildman–Crippen MR) is 90.8 cm³/mol. The summed E-state index contributed by atoms with van der Waals surface area (Å²) in [7, 11) is -1.36. The average Bonchev–Trinajstić information content (AvgIpc) is 2.54. The highest BCUT2D eigenvalue weighted by Gasteiger charge is 2.47. The molecule has 0 saturated carbocycles. The van der Waals surface area contributed by atoms with Crippen LogP contribution in [-0.4, -0.2) is 35.7 Å². The first-order valence-electron chi connectivity index (χ1n) is 7.70. The van der Waals surface area contributed by atoms with E-state index >= 15 is 0 Å².